The number of halogens is 3. The molecule has 2 aromatic carbocycles. The molecule has 2 aliphatic rings. The molecule has 10 nitrogen and oxygen atoms in total. The number of benzene rings is 2. The molecular formula is C36H37F3N8O2. The molecule has 0 bridgehead atoms. The average Bonchev–Trinajstić information content (AvgIpc) is 3.75. The van der Waals surface area contributed by atoms with Gasteiger partial charge in [0.15, 0.2) is 5.69 Å². The molecule has 0 radical (unpaired) electrons. The molecule has 2 aliphatic heterocycles. The maximum Gasteiger partial charge on any atom is 0.435 e. The highest BCUT2D eigenvalue weighted by Crippen LogP contribution is 2.41. The number of rotatable bonds is 7. The van der Waals surface area contributed by atoms with Crippen LogP contribution in [0.15, 0.2) is 61.4 Å². The van der Waals surface area contributed by atoms with E-state index in [1.54, 1.807) is 52.6 Å². The fourth-order valence-corrected chi connectivity index (χ4v) is 7.04. The number of carbonyl (C=O) groups is 2. The number of imidazole rings is 1. The van der Waals surface area contributed by atoms with E-state index in [4.69, 9.17) is 0 Å². The summed E-state index contributed by atoms with van der Waals surface area (Å²) in [5, 5.41) is 7.62. The first-order valence-corrected chi connectivity index (χ1v) is 16.5. The topological polar surface area (TPSA) is 101 Å². The van der Waals surface area contributed by atoms with E-state index in [2.05, 4.69) is 32.3 Å². The van der Waals surface area contributed by atoms with Crippen LogP contribution in [0.25, 0.3) is 22.0 Å². The van der Waals surface area contributed by atoms with Gasteiger partial charge in [-0.15, -0.1) is 0 Å². The Hall–Kier alpha value is -5.04. The maximum absolute atomic E-state index is 14.5. The number of amides is 2. The van der Waals surface area contributed by atoms with Crippen molar-refractivity contribution >= 4 is 28.4 Å². The molecule has 13 heteroatoms. The molecule has 1 N–H and O–H groups in total. The van der Waals surface area contributed by atoms with Crippen LogP contribution in [0.3, 0.4) is 0 Å². The lowest BCUT2D eigenvalue weighted by molar-refractivity contribution is -0.141. The highest BCUT2D eigenvalue weighted by atomic mass is 19.4. The number of nitrogens with zero attached hydrogens (tertiary/aromatic N) is 7. The van der Waals surface area contributed by atoms with Crippen molar-refractivity contribution in [2.45, 2.75) is 51.4 Å². The molecule has 2 amide bonds. The van der Waals surface area contributed by atoms with Gasteiger partial charge >= 0.3 is 6.18 Å². The standard InChI is InChI=1S/C36H37F3N8O2/c1-4-22-15-28-31(5-9-41-32(28)29(16-22)34(48)42-24-6-11-44(2)12-7-24)47-13-8-25-26(30-20-45(3)43-33(30)36(37,38)39)17-23(18-27(25)35(47)49)19-46-14-10-40-21-46/h5,9-10,14-18,20-21,24H,4,6-8,11-13,19H2,1-3H3,(H,42,48). The SMILES string of the molecule is CCc1cc(C(=O)NC2CCN(C)CC2)c2nccc(N3CCc4c(cc(Cn5ccnc5)cc4-c4cn(C)nc4C(F)(F)F)C3=O)c2c1. The number of likely N-dealkylation sites (tertiary alicyclic amines) is 1. The molecule has 254 valence electrons. The molecule has 0 unspecified atom stereocenters. The van der Waals surface area contributed by atoms with E-state index in [9.17, 15) is 22.8 Å². The van der Waals surface area contributed by atoms with E-state index in [-0.39, 0.29) is 30.0 Å². The van der Waals surface area contributed by atoms with E-state index in [0.29, 0.717) is 63.8 Å². The zero-order valence-corrected chi connectivity index (χ0v) is 27.6. The van der Waals surface area contributed by atoms with Crippen LogP contribution >= 0.6 is 0 Å². The zero-order chi connectivity index (χ0) is 34.4. The molecule has 5 heterocycles. The van der Waals surface area contributed by atoms with Gasteiger partial charge in [-0.25, -0.2) is 4.98 Å². The number of alkyl halides is 3. The van der Waals surface area contributed by atoms with E-state index >= 15 is 0 Å². The fraction of sp³-hybridized carbons (Fsp3) is 0.361. The molecule has 3 aromatic heterocycles. The molecule has 1 saturated heterocycles. The minimum absolute atomic E-state index is 0.0655. The van der Waals surface area contributed by atoms with Gasteiger partial charge in [0.05, 0.1) is 23.1 Å². The molecule has 0 atom stereocenters. The smallest absolute Gasteiger partial charge is 0.349 e. The first-order valence-electron chi connectivity index (χ1n) is 16.5. The summed E-state index contributed by atoms with van der Waals surface area (Å²) < 4.78 is 45.5. The third kappa shape index (κ3) is 6.30. The summed E-state index contributed by atoms with van der Waals surface area (Å²) in [7, 11) is 3.52. The van der Waals surface area contributed by atoms with Crippen LogP contribution in [0.4, 0.5) is 18.9 Å². The minimum atomic E-state index is -4.68. The van der Waals surface area contributed by atoms with Gasteiger partial charge in [0.2, 0.25) is 0 Å². The van der Waals surface area contributed by atoms with Gasteiger partial charge in [-0.05, 0) is 98.4 Å². The fourth-order valence-electron chi connectivity index (χ4n) is 7.04. The number of anilines is 1. The predicted octanol–water partition coefficient (Wildman–Crippen LogP) is 5.49. The monoisotopic (exact) mass is 670 g/mol. The van der Waals surface area contributed by atoms with Gasteiger partial charge in [0.25, 0.3) is 11.8 Å². The summed E-state index contributed by atoms with van der Waals surface area (Å²) in [4.78, 5) is 40.8. The molecule has 0 saturated carbocycles. The van der Waals surface area contributed by atoms with Crippen LogP contribution in [0.5, 0.6) is 0 Å². The Kier molecular flexibility index (Phi) is 8.47. The zero-order valence-electron chi connectivity index (χ0n) is 27.6. The van der Waals surface area contributed by atoms with Crippen molar-refractivity contribution in [2.24, 2.45) is 7.05 Å². The largest absolute Gasteiger partial charge is 0.435 e. The lowest BCUT2D eigenvalue weighted by Gasteiger charge is -2.32. The van der Waals surface area contributed by atoms with Crippen LogP contribution in [-0.4, -0.2) is 73.8 Å². The minimum Gasteiger partial charge on any atom is -0.349 e. The van der Waals surface area contributed by atoms with Gasteiger partial charge < -0.3 is 19.7 Å². The third-order valence-electron chi connectivity index (χ3n) is 9.56. The Labute approximate surface area is 281 Å². The van der Waals surface area contributed by atoms with Crippen LogP contribution in [0, 0.1) is 0 Å². The highest BCUT2D eigenvalue weighted by Gasteiger charge is 2.39. The number of nitrogens with one attached hydrogen (secondary N) is 1. The van der Waals surface area contributed by atoms with Gasteiger partial charge in [-0.1, -0.05) is 6.92 Å². The van der Waals surface area contributed by atoms with E-state index < -0.39 is 11.9 Å². The number of hydrogen-bond donors (Lipinski definition) is 1. The number of hydrogen-bond acceptors (Lipinski definition) is 6. The summed E-state index contributed by atoms with van der Waals surface area (Å²) in [6.45, 7) is 4.36. The summed E-state index contributed by atoms with van der Waals surface area (Å²) in [5.74, 6) is -0.528. The van der Waals surface area contributed by atoms with Crippen LogP contribution in [-0.2, 0) is 32.6 Å². The second kappa shape index (κ2) is 12.8. The normalized spacial score (nSPS) is 16.0. The van der Waals surface area contributed by atoms with Crippen LogP contribution in [0.2, 0.25) is 0 Å². The molecule has 49 heavy (non-hydrogen) atoms. The number of pyridine rings is 1. The van der Waals surface area contributed by atoms with Crippen molar-refractivity contribution in [1.29, 1.82) is 0 Å². The number of carbonyl (C=O) groups excluding carboxylic acids is 2. The molecule has 7 rings (SSSR count). The van der Waals surface area contributed by atoms with Crippen molar-refractivity contribution in [2.75, 3.05) is 31.6 Å². The van der Waals surface area contributed by atoms with Gasteiger partial charge in [0, 0.05) is 67.5 Å². The molecule has 1 fully saturated rings. The molecule has 0 aliphatic carbocycles. The predicted molar refractivity (Wildman–Crippen MR) is 179 cm³/mol. The number of fused-ring (bicyclic) bond motifs is 2. The van der Waals surface area contributed by atoms with Crippen LogP contribution < -0.4 is 10.2 Å². The van der Waals surface area contributed by atoms with E-state index in [0.717, 1.165) is 36.2 Å². The van der Waals surface area contributed by atoms with Gasteiger partial charge in [-0.3, -0.25) is 19.3 Å². The second-order valence-electron chi connectivity index (χ2n) is 12.9. The molecular weight excluding hydrogens is 633 g/mol. The summed E-state index contributed by atoms with van der Waals surface area (Å²) in [5.41, 5.74) is 3.28. The quantitative estimate of drug-likeness (QED) is 0.246. The van der Waals surface area contributed by atoms with Gasteiger partial charge in [0.1, 0.15) is 0 Å². The number of piperidine rings is 1. The van der Waals surface area contributed by atoms with Crippen molar-refractivity contribution in [1.82, 2.24) is 34.5 Å². The second-order valence-corrected chi connectivity index (χ2v) is 12.9. The molecule has 5 aromatic rings. The van der Waals surface area contributed by atoms with E-state index in [1.165, 1.54) is 13.2 Å². The first-order chi connectivity index (χ1) is 23.5. The van der Waals surface area contributed by atoms with Crippen molar-refractivity contribution < 1.29 is 22.8 Å². The van der Waals surface area contributed by atoms with E-state index in [1.807, 2.05) is 19.1 Å². The Balaban J connectivity index is 1.31. The third-order valence-corrected chi connectivity index (χ3v) is 9.56. The first kappa shape index (κ1) is 32.5. The van der Waals surface area contributed by atoms with Crippen molar-refractivity contribution in [3.63, 3.8) is 0 Å². The summed E-state index contributed by atoms with van der Waals surface area (Å²) >= 11 is 0. The average molecular weight is 671 g/mol. The molecule has 0 spiro atoms. The van der Waals surface area contributed by atoms with Crippen LogP contribution in [0.1, 0.15) is 62.9 Å². The van der Waals surface area contributed by atoms with Crippen molar-refractivity contribution in [3.8, 4) is 11.1 Å². The Morgan fingerprint density at radius 2 is 1.78 bits per heavy atom. The maximum atomic E-state index is 14.5. The number of aryl methyl sites for hydroxylation is 2. The Bertz CT molecular complexity index is 2050. The highest BCUT2D eigenvalue weighted by molar-refractivity contribution is 6.15. The lowest BCUT2D eigenvalue weighted by Crippen LogP contribution is -2.43. The summed E-state index contributed by atoms with van der Waals surface area (Å²) in [6, 6.07) is 9.16. The lowest BCUT2D eigenvalue weighted by atomic mass is 9.87. The Morgan fingerprint density at radius 1 is 1.00 bits per heavy atom. The van der Waals surface area contributed by atoms with Gasteiger partial charge in [-0.2, -0.15) is 18.3 Å². The van der Waals surface area contributed by atoms with Crippen molar-refractivity contribution in [3.05, 3.63) is 95.0 Å². The number of aromatic nitrogens is 5. The Morgan fingerprint density at radius 3 is 2.49 bits per heavy atom. The summed E-state index contributed by atoms with van der Waals surface area (Å²) in [6.07, 6.45) is 5.99.